The molecule has 4 heterocycles. The van der Waals surface area contributed by atoms with Crippen molar-refractivity contribution in [2.45, 2.75) is 37.8 Å². The van der Waals surface area contributed by atoms with Crippen molar-refractivity contribution in [3.05, 3.63) is 35.9 Å². The molecule has 3 atom stereocenters. The quantitative estimate of drug-likeness (QED) is 0.841. The SMILES string of the molecule is Cc1noc([C@@H]2C[C@H]3OCC[C@H]3N(C(=O)c3ccco3)C2)n1. The van der Waals surface area contributed by atoms with Gasteiger partial charge in [0.15, 0.2) is 11.6 Å². The number of carbonyl (C=O) groups excluding carboxylic acids is 1. The number of rotatable bonds is 2. The molecule has 2 aromatic rings. The van der Waals surface area contributed by atoms with E-state index >= 15 is 0 Å². The molecule has 2 aromatic heterocycles. The zero-order chi connectivity index (χ0) is 15.1. The Hall–Kier alpha value is -2.15. The number of ether oxygens (including phenoxy) is 1. The zero-order valence-electron chi connectivity index (χ0n) is 12.3. The first-order valence-corrected chi connectivity index (χ1v) is 7.48. The molecule has 0 N–H and O–H groups in total. The normalized spacial score (nSPS) is 27.9. The van der Waals surface area contributed by atoms with Gasteiger partial charge in [0.25, 0.3) is 5.91 Å². The van der Waals surface area contributed by atoms with Crippen LogP contribution < -0.4 is 0 Å². The molecule has 2 aliphatic rings. The Balaban J connectivity index is 1.62. The number of aryl methyl sites for hydroxylation is 1. The van der Waals surface area contributed by atoms with Crippen LogP contribution in [0.25, 0.3) is 0 Å². The van der Waals surface area contributed by atoms with Gasteiger partial charge in [0.2, 0.25) is 5.89 Å². The Labute approximate surface area is 127 Å². The molecule has 2 aliphatic heterocycles. The lowest BCUT2D eigenvalue weighted by Gasteiger charge is -2.39. The third-order valence-corrected chi connectivity index (χ3v) is 4.39. The summed E-state index contributed by atoms with van der Waals surface area (Å²) in [6, 6.07) is 3.50. The highest BCUT2D eigenvalue weighted by Gasteiger charge is 2.44. The van der Waals surface area contributed by atoms with Crippen molar-refractivity contribution < 1.29 is 18.5 Å². The molecule has 1 amide bonds. The van der Waals surface area contributed by atoms with E-state index in [2.05, 4.69) is 10.1 Å². The van der Waals surface area contributed by atoms with Crippen LogP contribution in [-0.2, 0) is 4.74 Å². The van der Waals surface area contributed by atoms with E-state index in [4.69, 9.17) is 13.7 Å². The summed E-state index contributed by atoms with van der Waals surface area (Å²) in [4.78, 5) is 18.8. The molecule has 2 saturated heterocycles. The molecule has 0 aliphatic carbocycles. The predicted molar refractivity (Wildman–Crippen MR) is 74.3 cm³/mol. The zero-order valence-corrected chi connectivity index (χ0v) is 12.3. The van der Waals surface area contributed by atoms with Gasteiger partial charge in [0.05, 0.1) is 24.3 Å². The molecule has 0 bridgehead atoms. The number of aromatic nitrogens is 2. The highest BCUT2D eigenvalue weighted by molar-refractivity contribution is 5.91. The lowest BCUT2D eigenvalue weighted by atomic mass is 9.89. The van der Waals surface area contributed by atoms with Gasteiger partial charge in [-0.05, 0) is 31.9 Å². The summed E-state index contributed by atoms with van der Waals surface area (Å²) >= 11 is 0. The van der Waals surface area contributed by atoms with Crippen molar-refractivity contribution in [2.75, 3.05) is 13.2 Å². The number of carbonyl (C=O) groups is 1. The predicted octanol–water partition coefficient (Wildman–Crippen LogP) is 1.76. The molecular formula is C15H17N3O4. The second-order valence-corrected chi connectivity index (χ2v) is 5.81. The van der Waals surface area contributed by atoms with Crippen LogP contribution >= 0.6 is 0 Å². The summed E-state index contributed by atoms with van der Waals surface area (Å²) in [5.41, 5.74) is 0. The highest BCUT2D eigenvalue weighted by Crippen LogP contribution is 2.36. The minimum Gasteiger partial charge on any atom is -0.459 e. The average Bonchev–Trinajstić information content (AvgIpc) is 3.26. The Morgan fingerprint density at radius 2 is 2.36 bits per heavy atom. The second-order valence-electron chi connectivity index (χ2n) is 5.81. The third kappa shape index (κ3) is 2.21. The van der Waals surface area contributed by atoms with Gasteiger partial charge in [-0.1, -0.05) is 5.16 Å². The lowest BCUT2D eigenvalue weighted by molar-refractivity contribution is 0.0109. The van der Waals surface area contributed by atoms with Crippen LogP contribution in [0.15, 0.2) is 27.3 Å². The number of likely N-dealkylation sites (tertiary alicyclic amines) is 1. The second kappa shape index (κ2) is 5.24. The molecular weight excluding hydrogens is 286 g/mol. The average molecular weight is 303 g/mol. The number of piperidine rings is 1. The van der Waals surface area contributed by atoms with E-state index in [0.717, 1.165) is 12.8 Å². The number of amides is 1. The van der Waals surface area contributed by atoms with Crippen LogP contribution in [0.2, 0.25) is 0 Å². The number of fused-ring (bicyclic) bond motifs is 1. The van der Waals surface area contributed by atoms with Crippen LogP contribution in [0.4, 0.5) is 0 Å². The number of nitrogens with zero attached hydrogens (tertiary/aromatic N) is 3. The van der Waals surface area contributed by atoms with Gasteiger partial charge in [-0.25, -0.2) is 0 Å². The summed E-state index contributed by atoms with van der Waals surface area (Å²) in [6.07, 6.45) is 3.18. The molecule has 4 rings (SSSR count). The smallest absolute Gasteiger partial charge is 0.289 e. The van der Waals surface area contributed by atoms with Crippen LogP contribution in [0.5, 0.6) is 0 Å². The minimum atomic E-state index is -0.105. The van der Waals surface area contributed by atoms with Gasteiger partial charge in [0, 0.05) is 13.2 Å². The first kappa shape index (κ1) is 13.5. The van der Waals surface area contributed by atoms with Crippen molar-refractivity contribution in [3.8, 4) is 0 Å². The molecule has 0 spiro atoms. The lowest BCUT2D eigenvalue weighted by Crippen LogP contribution is -2.51. The number of furan rings is 1. The van der Waals surface area contributed by atoms with E-state index in [1.165, 1.54) is 6.26 Å². The Morgan fingerprint density at radius 3 is 3.09 bits per heavy atom. The fourth-order valence-electron chi connectivity index (χ4n) is 3.38. The van der Waals surface area contributed by atoms with E-state index in [0.29, 0.717) is 30.6 Å². The standard InChI is InChI=1S/C15H17N3O4/c1-9-16-14(22-17-9)10-7-13-11(4-6-21-13)18(8-10)15(19)12-3-2-5-20-12/h2-3,5,10-11,13H,4,6-8H2,1H3/t10-,11-,13-/m1/s1. The largest absolute Gasteiger partial charge is 0.459 e. The van der Waals surface area contributed by atoms with Gasteiger partial charge in [-0.3, -0.25) is 4.79 Å². The van der Waals surface area contributed by atoms with E-state index in [1.807, 2.05) is 4.90 Å². The molecule has 2 fully saturated rings. The van der Waals surface area contributed by atoms with Crippen LogP contribution in [-0.4, -0.2) is 46.2 Å². The molecule has 7 nitrogen and oxygen atoms in total. The van der Waals surface area contributed by atoms with Gasteiger partial charge in [0.1, 0.15) is 0 Å². The Bertz CT molecular complexity index is 666. The van der Waals surface area contributed by atoms with E-state index in [-0.39, 0.29) is 24.0 Å². The van der Waals surface area contributed by atoms with Crippen molar-refractivity contribution in [3.63, 3.8) is 0 Å². The molecule has 0 aromatic carbocycles. The molecule has 0 unspecified atom stereocenters. The summed E-state index contributed by atoms with van der Waals surface area (Å²) in [5, 5.41) is 3.85. The maximum Gasteiger partial charge on any atom is 0.289 e. The summed E-state index contributed by atoms with van der Waals surface area (Å²) < 4.78 is 16.4. The van der Waals surface area contributed by atoms with Gasteiger partial charge < -0.3 is 18.6 Å². The van der Waals surface area contributed by atoms with Crippen molar-refractivity contribution >= 4 is 5.91 Å². The maximum absolute atomic E-state index is 12.7. The fraction of sp³-hybridized carbons (Fsp3) is 0.533. The van der Waals surface area contributed by atoms with Crippen molar-refractivity contribution in [2.24, 2.45) is 0 Å². The highest BCUT2D eigenvalue weighted by atomic mass is 16.5. The van der Waals surface area contributed by atoms with Crippen molar-refractivity contribution in [1.29, 1.82) is 0 Å². The summed E-state index contributed by atoms with van der Waals surface area (Å²) in [5.74, 6) is 1.43. The molecule has 0 radical (unpaired) electrons. The van der Waals surface area contributed by atoms with Crippen LogP contribution in [0.1, 0.15) is 41.0 Å². The van der Waals surface area contributed by atoms with Crippen LogP contribution in [0, 0.1) is 6.92 Å². The monoisotopic (exact) mass is 303 g/mol. The summed E-state index contributed by atoms with van der Waals surface area (Å²) in [6.45, 7) is 3.01. The van der Waals surface area contributed by atoms with E-state index < -0.39 is 0 Å². The van der Waals surface area contributed by atoms with Crippen LogP contribution in [0.3, 0.4) is 0 Å². The molecule has 116 valence electrons. The first-order chi connectivity index (χ1) is 10.7. The first-order valence-electron chi connectivity index (χ1n) is 7.48. The number of hydrogen-bond acceptors (Lipinski definition) is 6. The summed E-state index contributed by atoms with van der Waals surface area (Å²) in [7, 11) is 0. The molecule has 0 saturated carbocycles. The Morgan fingerprint density at radius 1 is 1.45 bits per heavy atom. The van der Waals surface area contributed by atoms with E-state index in [9.17, 15) is 4.79 Å². The van der Waals surface area contributed by atoms with Crippen molar-refractivity contribution in [1.82, 2.24) is 15.0 Å². The third-order valence-electron chi connectivity index (χ3n) is 4.39. The molecule has 7 heteroatoms. The topological polar surface area (TPSA) is 81.6 Å². The maximum atomic E-state index is 12.7. The van der Waals surface area contributed by atoms with Gasteiger partial charge in [-0.15, -0.1) is 0 Å². The Kier molecular flexibility index (Phi) is 3.22. The van der Waals surface area contributed by atoms with E-state index in [1.54, 1.807) is 19.1 Å². The molecule has 22 heavy (non-hydrogen) atoms. The number of hydrogen-bond donors (Lipinski definition) is 0. The van der Waals surface area contributed by atoms with Gasteiger partial charge >= 0.3 is 0 Å². The minimum absolute atomic E-state index is 0.000498. The van der Waals surface area contributed by atoms with Gasteiger partial charge in [-0.2, -0.15) is 4.98 Å². The fourth-order valence-corrected chi connectivity index (χ4v) is 3.38.